The van der Waals surface area contributed by atoms with E-state index in [1.807, 2.05) is 0 Å². The van der Waals surface area contributed by atoms with Crippen LogP contribution < -0.4 is 10.0 Å². The normalized spacial score (nSPS) is 11.5. The lowest BCUT2D eigenvalue weighted by atomic mass is 10.3. The van der Waals surface area contributed by atoms with Crippen LogP contribution >= 0.6 is 0 Å². The molecule has 0 saturated heterocycles. The molecule has 96 valence electrons. The van der Waals surface area contributed by atoms with Crippen molar-refractivity contribution in [3.63, 3.8) is 0 Å². The van der Waals surface area contributed by atoms with E-state index in [4.69, 9.17) is 5.73 Å². The van der Waals surface area contributed by atoms with Crippen LogP contribution in [0.4, 0.5) is 14.5 Å². The number of hydrogen-bond acceptors (Lipinski definition) is 3. The summed E-state index contributed by atoms with van der Waals surface area (Å²) in [5, 5.41) is 0. The number of benzene rings is 1. The standard InChI is InChI=1S/C10H14F2N2O2S/c1-2-17(15,16)14(6-5-13)10-4-3-8(11)7-9(10)12/h3-4,7H,2,5-6,13H2,1H3. The van der Waals surface area contributed by atoms with Gasteiger partial charge in [-0.3, -0.25) is 4.31 Å². The van der Waals surface area contributed by atoms with E-state index in [1.165, 1.54) is 6.92 Å². The molecular weight excluding hydrogens is 250 g/mol. The summed E-state index contributed by atoms with van der Waals surface area (Å²) in [6, 6.07) is 2.74. The minimum atomic E-state index is -3.62. The predicted molar refractivity (Wildman–Crippen MR) is 62.2 cm³/mol. The van der Waals surface area contributed by atoms with E-state index in [9.17, 15) is 17.2 Å². The molecule has 0 radical (unpaired) electrons. The fourth-order valence-electron chi connectivity index (χ4n) is 1.37. The van der Waals surface area contributed by atoms with Crippen LogP contribution in [0.5, 0.6) is 0 Å². The lowest BCUT2D eigenvalue weighted by Gasteiger charge is -2.23. The molecule has 0 heterocycles. The maximum absolute atomic E-state index is 13.5. The number of rotatable bonds is 5. The van der Waals surface area contributed by atoms with E-state index < -0.39 is 21.7 Å². The van der Waals surface area contributed by atoms with Crippen molar-refractivity contribution in [2.75, 3.05) is 23.1 Å². The number of sulfonamides is 1. The number of hydrogen-bond donors (Lipinski definition) is 1. The highest BCUT2D eigenvalue weighted by atomic mass is 32.2. The molecule has 0 unspecified atom stereocenters. The number of anilines is 1. The van der Waals surface area contributed by atoms with Gasteiger partial charge in [-0.25, -0.2) is 17.2 Å². The maximum atomic E-state index is 13.5. The third-order valence-electron chi connectivity index (χ3n) is 2.21. The Kier molecular flexibility index (Phi) is 4.41. The van der Waals surface area contributed by atoms with Gasteiger partial charge in [0.15, 0.2) is 0 Å². The first-order chi connectivity index (χ1) is 7.92. The van der Waals surface area contributed by atoms with Crippen molar-refractivity contribution in [1.29, 1.82) is 0 Å². The molecule has 0 amide bonds. The average Bonchev–Trinajstić information content (AvgIpc) is 2.27. The van der Waals surface area contributed by atoms with E-state index in [0.717, 1.165) is 16.4 Å². The molecule has 0 spiro atoms. The Morgan fingerprint density at radius 1 is 1.35 bits per heavy atom. The smallest absolute Gasteiger partial charge is 0.235 e. The second-order valence-corrected chi connectivity index (χ2v) is 5.54. The van der Waals surface area contributed by atoms with Crippen molar-refractivity contribution in [1.82, 2.24) is 0 Å². The van der Waals surface area contributed by atoms with Crippen molar-refractivity contribution in [2.45, 2.75) is 6.92 Å². The fraction of sp³-hybridized carbons (Fsp3) is 0.400. The largest absolute Gasteiger partial charge is 0.329 e. The molecule has 0 aromatic heterocycles. The minimum Gasteiger partial charge on any atom is -0.329 e. The van der Waals surface area contributed by atoms with Crippen molar-refractivity contribution in [3.8, 4) is 0 Å². The number of nitrogens with zero attached hydrogens (tertiary/aromatic N) is 1. The molecule has 0 aliphatic heterocycles. The van der Waals surface area contributed by atoms with Gasteiger partial charge in [-0.1, -0.05) is 0 Å². The molecule has 7 heteroatoms. The van der Waals surface area contributed by atoms with Crippen LogP contribution in [0.1, 0.15) is 6.92 Å². The summed E-state index contributed by atoms with van der Waals surface area (Å²) >= 11 is 0. The van der Waals surface area contributed by atoms with Crippen LogP contribution in [-0.4, -0.2) is 27.3 Å². The van der Waals surface area contributed by atoms with E-state index in [-0.39, 0.29) is 24.5 Å². The lowest BCUT2D eigenvalue weighted by molar-refractivity contribution is 0.574. The predicted octanol–water partition coefficient (Wildman–Crippen LogP) is 1.08. The first-order valence-corrected chi connectivity index (χ1v) is 6.68. The molecule has 0 fully saturated rings. The molecular formula is C10H14F2N2O2S. The van der Waals surface area contributed by atoms with Gasteiger partial charge in [-0.05, 0) is 19.1 Å². The van der Waals surface area contributed by atoms with Crippen molar-refractivity contribution in [3.05, 3.63) is 29.8 Å². The maximum Gasteiger partial charge on any atom is 0.235 e. The fourth-order valence-corrected chi connectivity index (χ4v) is 2.51. The van der Waals surface area contributed by atoms with Crippen molar-refractivity contribution < 1.29 is 17.2 Å². The molecule has 0 bridgehead atoms. The zero-order chi connectivity index (χ0) is 13.1. The van der Waals surface area contributed by atoms with E-state index in [2.05, 4.69) is 0 Å². The number of halogens is 2. The highest BCUT2D eigenvalue weighted by molar-refractivity contribution is 7.92. The van der Waals surface area contributed by atoms with Crippen LogP contribution in [0, 0.1) is 11.6 Å². The van der Waals surface area contributed by atoms with E-state index in [1.54, 1.807) is 0 Å². The zero-order valence-corrected chi connectivity index (χ0v) is 10.2. The third kappa shape index (κ3) is 3.13. The summed E-state index contributed by atoms with van der Waals surface area (Å²) in [6.07, 6.45) is 0. The van der Waals surface area contributed by atoms with Crippen molar-refractivity contribution >= 4 is 15.7 Å². The van der Waals surface area contributed by atoms with Crippen molar-refractivity contribution in [2.24, 2.45) is 5.73 Å². The Hall–Kier alpha value is -1.21. The first kappa shape index (κ1) is 13.9. The van der Waals surface area contributed by atoms with E-state index >= 15 is 0 Å². The Labute approximate surface area is 99.1 Å². The summed E-state index contributed by atoms with van der Waals surface area (Å²) in [4.78, 5) is 0. The van der Waals surface area contributed by atoms with Gasteiger partial charge in [0.05, 0.1) is 11.4 Å². The zero-order valence-electron chi connectivity index (χ0n) is 9.36. The van der Waals surface area contributed by atoms with Gasteiger partial charge in [-0.15, -0.1) is 0 Å². The Balaban J connectivity index is 3.23. The summed E-state index contributed by atoms with van der Waals surface area (Å²) in [5.41, 5.74) is 5.11. The van der Waals surface area contributed by atoms with Gasteiger partial charge in [0.2, 0.25) is 10.0 Å². The Morgan fingerprint density at radius 3 is 2.47 bits per heavy atom. The molecule has 1 rings (SSSR count). The molecule has 0 aliphatic rings. The summed E-state index contributed by atoms with van der Waals surface area (Å²) in [6.45, 7) is 1.45. The summed E-state index contributed by atoms with van der Waals surface area (Å²) in [7, 11) is -3.62. The van der Waals surface area contributed by atoms with Gasteiger partial charge < -0.3 is 5.73 Å². The van der Waals surface area contributed by atoms with Gasteiger partial charge in [-0.2, -0.15) is 0 Å². The van der Waals surface area contributed by atoms with Crippen LogP contribution in [0.15, 0.2) is 18.2 Å². The third-order valence-corrected chi connectivity index (χ3v) is 3.99. The highest BCUT2D eigenvalue weighted by Crippen LogP contribution is 2.22. The average molecular weight is 264 g/mol. The molecule has 17 heavy (non-hydrogen) atoms. The Bertz CT molecular complexity index is 491. The minimum absolute atomic E-state index is 0.0429. The van der Waals surface area contributed by atoms with Gasteiger partial charge in [0.1, 0.15) is 11.6 Å². The SMILES string of the molecule is CCS(=O)(=O)N(CCN)c1ccc(F)cc1F. The molecule has 1 aromatic carbocycles. The molecule has 0 atom stereocenters. The van der Waals surface area contributed by atoms with Gasteiger partial charge in [0, 0.05) is 19.2 Å². The summed E-state index contributed by atoms with van der Waals surface area (Å²) < 4.78 is 50.6. The molecule has 4 nitrogen and oxygen atoms in total. The lowest BCUT2D eigenvalue weighted by Crippen LogP contribution is -2.37. The summed E-state index contributed by atoms with van der Waals surface area (Å²) in [5.74, 6) is -1.85. The second kappa shape index (κ2) is 5.42. The molecule has 2 N–H and O–H groups in total. The van der Waals surface area contributed by atoms with Crippen LogP contribution in [0.3, 0.4) is 0 Å². The van der Waals surface area contributed by atoms with Gasteiger partial charge >= 0.3 is 0 Å². The quantitative estimate of drug-likeness (QED) is 0.865. The monoisotopic (exact) mass is 264 g/mol. The molecule has 0 saturated carbocycles. The van der Waals surface area contributed by atoms with Gasteiger partial charge in [0.25, 0.3) is 0 Å². The first-order valence-electron chi connectivity index (χ1n) is 5.08. The number of nitrogens with two attached hydrogens (primary N) is 1. The van der Waals surface area contributed by atoms with Crippen LogP contribution in [0.2, 0.25) is 0 Å². The van der Waals surface area contributed by atoms with Crippen LogP contribution in [0.25, 0.3) is 0 Å². The molecule has 1 aromatic rings. The topological polar surface area (TPSA) is 63.4 Å². The van der Waals surface area contributed by atoms with Crippen LogP contribution in [-0.2, 0) is 10.0 Å². The highest BCUT2D eigenvalue weighted by Gasteiger charge is 2.22. The Morgan fingerprint density at radius 2 is 2.00 bits per heavy atom. The second-order valence-electron chi connectivity index (χ2n) is 3.36. The van der Waals surface area contributed by atoms with E-state index in [0.29, 0.717) is 6.07 Å². The molecule has 0 aliphatic carbocycles.